The topological polar surface area (TPSA) is 89.6 Å². The normalized spacial score (nSPS) is 36.2. The van der Waals surface area contributed by atoms with Crippen LogP contribution in [0.15, 0.2) is 5.10 Å². The van der Waals surface area contributed by atoms with E-state index in [9.17, 15) is 22.4 Å². The Morgan fingerprint density at radius 3 is 2.61 bits per heavy atom. The van der Waals surface area contributed by atoms with Crippen LogP contribution < -0.4 is 0 Å². The minimum absolute atomic E-state index is 0.137. The van der Waals surface area contributed by atoms with Gasteiger partial charge in [-0.2, -0.15) is 8.42 Å². The SMILES string of the molecule is CC1(C)[C@@H]2CC[C@@]1(CS(=O)(=O)F)/C(=N\[N+](=O)[O-])C2. The molecule has 0 heterocycles. The van der Waals surface area contributed by atoms with Gasteiger partial charge < -0.3 is 0 Å². The summed E-state index contributed by atoms with van der Waals surface area (Å²) < 4.78 is 35.1. The molecule has 0 aromatic carbocycles. The van der Waals surface area contributed by atoms with Crippen LogP contribution in [0.3, 0.4) is 0 Å². The molecule has 2 rings (SSSR count). The second-order valence-corrected chi connectivity index (χ2v) is 7.08. The molecule has 18 heavy (non-hydrogen) atoms. The third-order valence-corrected chi connectivity index (χ3v) is 5.62. The summed E-state index contributed by atoms with van der Waals surface area (Å²) in [6, 6.07) is 0. The van der Waals surface area contributed by atoms with Crippen molar-refractivity contribution in [2.24, 2.45) is 21.8 Å². The zero-order valence-electron chi connectivity index (χ0n) is 10.2. The van der Waals surface area contributed by atoms with E-state index < -0.39 is 31.8 Å². The third-order valence-electron chi connectivity index (χ3n) is 4.79. The van der Waals surface area contributed by atoms with Gasteiger partial charge in [-0.3, -0.25) is 0 Å². The summed E-state index contributed by atoms with van der Waals surface area (Å²) in [7, 11) is -4.69. The van der Waals surface area contributed by atoms with Crippen LogP contribution in [-0.2, 0) is 10.2 Å². The van der Waals surface area contributed by atoms with Crippen molar-refractivity contribution in [2.75, 3.05) is 5.75 Å². The monoisotopic (exact) mass is 278 g/mol. The maximum atomic E-state index is 13.1. The minimum atomic E-state index is -4.69. The van der Waals surface area contributed by atoms with Gasteiger partial charge in [0.1, 0.15) is 0 Å². The number of hydrazone groups is 1. The van der Waals surface area contributed by atoms with E-state index in [-0.39, 0.29) is 11.6 Å². The molecule has 0 saturated heterocycles. The first-order valence-corrected chi connectivity index (χ1v) is 7.28. The maximum Gasteiger partial charge on any atom is 0.303 e. The smallest absolute Gasteiger partial charge is 0.233 e. The Kier molecular flexibility index (Phi) is 2.77. The van der Waals surface area contributed by atoms with E-state index >= 15 is 0 Å². The van der Waals surface area contributed by atoms with Crippen LogP contribution in [0.2, 0.25) is 0 Å². The fourth-order valence-electron chi connectivity index (χ4n) is 3.67. The summed E-state index contributed by atoms with van der Waals surface area (Å²) in [5.74, 6) is -0.561. The molecular formula is C10H15FN2O4S. The molecule has 2 saturated carbocycles. The lowest BCUT2D eigenvalue weighted by Gasteiger charge is -2.35. The standard InChI is InChI=1S/C10H15FN2O4S/c1-9(2)7-3-4-10(9,6-18(11,16)17)8(5-7)12-13(14)15/h7H,3-6H2,1-2H3/b12-8-/t7-,10-/m1/s1. The summed E-state index contributed by atoms with van der Waals surface area (Å²) >= 11 is 0. The van der Waals surface area contributed by atoms with E-state index in [2.05, 4.69) is 5.10 Å². The molecule has 2 aliphatic carbocycles. The average Bonchev–Trinajstić information content (AvgIpc) is 2.47. The molecule has 2 aliphatic rings. The lowest BCUT2D eigenvalue weighted by Crippen LogP contribution is -2.41. The summed E-state index contributed by atoms with van der Waals surface area (Å²) in [5, 5.41) is 13.0. The lowest BCUT2D eigenvalue weighted by molar-refractivity contribution is -0.485. The molecule has 6 nitrogen and oxygen atoms in total. The van der Waals surface area contributed by atoms with Gasteiger partial charge in [0.2, 0.25) is 0 Å². The average molecular weight is 278 g/mol. The highest BCUT2D eigenvalue weighted by molar-refractivity contribution is 7.86. The number of nitro groups is 1. The highest BCUT2D eigenvalue weighted by Gasteiger charge is 2.65. The number of nitrogens with zero attached hydrogens (tertiary/aromatic N) is 2. The molecule has 0 aromatic rings. The number of fused-ring (bicyclic) bond motifs is 2. The molecule has 2 atom stereocenters. The van der Waals surface area contributed by atoms with E-state index in [0.29, 0.717) is 12.8 Å². The molecule has 102 valence electrons. The van der Waals surface area contributed by atoms with E-state index in [1.807, 2.05) is 13.8 Å². The van der Waals surface area contributed by atoms with Crippen LogP contribution in [0.5, 0.6) is 0 Å². The third kappa shape index (κ3) is 1.82. The van der Waals surface area contributed by atoms with Crippen molar-refractivity contribution in [3.8, 4) is 0 Å². The van der Waals surface area contributed by atoms with Gasteiger partial charge >= 0.3 is 10.2 Å². The number of rotatable bonds is 3. The van der Waals surface area contributed by atoms with Crippen molar-refractivity contribution >= 4 is 15.9 Å². The highest BCUT2D eigenvalue weighted by atomic mass is 32.3. The summed E-state index contributed by atoms with van der Waals surface area (Å²) in [6.07, 6.45) is 1.60. The van der Waals surface area contributed by atoms with Crippen LogP contribution in [0, 0.1) is 26.9 Å². The summed E-state index contributed by atoms with van der Waals surface area (Å²) in [6.45, 7) is 3.69. The fraction of sp³-hybridized carbons (Fsp3) is 0.900. The van der Waals surface area contributed by atoms with Crippen LogP contribution >= 0.6 is 0 Å². The first-order valence-electron chi connectivity index (χ1n) is 5.73. The van der Waals surface area contributed by atoms with Crippen LogP contribution in [-0.4, -0.2) is 24.9 Å². The van der Waals surface area contributed by atoms with Crippen molar-refractivity contribution < 1.29 is 17.3 Å². The van der Waals surface area contributed by atoms with Gasteiger partial charge in [0.15, 0.2) is 5.03 Å². The van der Waals surface area contributed by atoms with E-state index in [1.54, 1.807) is 0 Å². The maximum absolute atomic E-state index is 13.1. The first-order chi connectivity index (χ1) is 8.08. The predicted molar refractivity (Wildman–Crippen MR) is 62.9 cm³/mol. The fourth-order valence-corrected chi connectivity index (χ4v) is 4.94. The van der Waals surface area contributed by atoms with E-state index in [4.69, 9.17) is 0 Å². The Bertz CT molecular complexity index is 528. The van der Waals surface area contributed by atoms with Gasteiger partial charge in [-0.05, 0) is 30.6 Å². The van der Waals surface area contributed by atoms with Gasteiger partial charge in [0.05, 0.1) is 16.6 Å². The van der Waals surface area contributed by atoms with Gasteiger partial charge in [-0.15, -0.1) is 3.89 Å². The second kappa shape index (κ2) is 3.72. The Hall–Kier alpha value is -1.05. The van der Waals surface area contributed by atoms with Crippen molar-refractivity contribution in [3.05, 3.63) is 10.1 Å². The Morgan fingerprint density at radius 2 is 2.17 bits per heavy atom. The minimum Gasteiger partial charge on any atom is -0.233 e. The zero-order chi connectivity index (χ0) is 13.8. The van der Waals surface area contributed by atoms with E-state index in [0.717, 1.165) is 6.42 Å². The van der Waals surface area contributed by atoms with E-state index in [1.165, 1.54) is 0 Å². The van der Waals surface area contributed by atoms with Crippen molar-refractivity contribution in [1.29, 1.82) is 0 Å². The molecule has 0 aliphatic heterocycles. The molecule has 8 heteroatoms. The number of halogens is 1. The van der Waals surface area contributed by atoms with Crippen molar-refractivity contribution in [1.82, 2.24) is 0 Å². The molecular weight excluding hydrogens is 263 g/mol. The molecule has 2 bridgehead atoms. The van der Waals surface area contributed by atoms with Crippen LogP contribution in [0.25, 0.3) is 0 Å². The second-order valence-electron chi connectivity index (χ2n) is 5.71. The van der Waals surface area contributed by atoms with Gasteiger partial charge in [0.25, 0.3) is 0 Å². The van der Waals surface area contributed by atoms with Gasteiger partial charge in [0, 0.05) is 5.41 Å². The quantitative estimate of drug-likeness (QED) is 0.447. The summed E-state index contributed by atoms with van der Waals surface area (Å²) in [4.78, 5) is 10.5. The molecule has 0 N–H and O–H groups in total. The Balaban J connectivity index is 2.52. The van der Waals surface area contributed by atoms with Crippen LogP contribution in [0.4, 0.5) is 3.89 Å². The molecule has 0 radical (unpaired) electrons. The largest absolute Gasteiger partial charge is 0.303 e. The molecule has 0 aromatic heterocycles. The predicted octanol–water partition coefficient (Wildman–Crippen LogP) is 1.74. The van der Waals surface area contributed by atoms with Gasteiger partial charge in [-0.1, -0.05) is 13.8 Å². The molecule has 0 unspecified atom stereocenters. The molecule has 2 fully saturated rings. The number of hydrogen-bond acceptors (Lipinski definition) is 4. The zero-order valence-corrected chi connectivity index (χ0v) is 11.0. The number of hydrogen-bond donors (Lipinski definition) is 0. The van der Waals surface area contributed by atoms with Crippen molar-refractivity contribution in [2.45, 2.75) is 33.1 Å². The lowest BCUT2D eigenvalue weighted by atomic mass is 9.70. The van der Waals surface area contributed by atoms with Crippen molar-refractivity contribution in [3.63, 3.8) is 0 Å². The molecule has 0 spiro atoms. The van der Waals surface area contributed by atoms with Crippen LogP contribution in [0.1, 0.15) is 33.1 Å². The Labute approximate surface area is 105 Å². The molecule has 0 amide bonds. The summed E-state index contributed by atoms with van der Waals surface area (Å²) in [5.41, 5.74) is -1.26. The Morgan fingerprint density at radius 1 is 1.56 bits per heavy atom. The van der Waals surface area contributed by atoms with Gasteiger partial charge in [-0.25, -0.2) is 10.1 Å². The first kappa shape index (κ1) is 13.4. The highest BCUT2D eigenvalue weighted by Crippen LogP contribution is 2.64.